The number of rotatable bonds is 3. The first kappa shape index (κ1) is 16.0. The predicted octanol–water partition coefficient (Wildman–Crippen LogP) is 1.90. The van der Waals surface area contributed by atoms with Crippen LogP contribution in [0, 0.1) is 13.8 Å². The van der Waals surface area contributed by atoms with Crippen LogP contribution < -0.4 is 15.8 Å². The maximum absolute atomic E-state index is 12.1. The van der Waals surface area contributed by atoms with E-state index in [1.807, 2.05) is 32.0 Å². The summed E-state index contributed by atoms with van der Waals surface area (Å²) in [6, 6.07) is 7.14. The van der Waals surface area contributed by atoms with E-state index in [-0.39, 0.29) is 11.8 Å². The highest BCUT2D eigenvalue weighted by Crippen LogP contribution is 2.16. The molecule has 0 unspecified atom stereocenters. The molecule has 0 saturated carbocycles. The number of hydrogen-bond donors (Lipinski definition) is 2. The van der Waals surface area contributed by atoms with Gasteiger partial charge in [0.1, 0.15) is 4.88 Å². The second kappa shape index (κ2) is 6.57. The molecular weight excluding hydrogens is 300 g/mol. The molecule has 1 aromatic carbocycles. The van der Waals surface area contributed by atoms with E-state index in [9.17, 15) is 9.59 Å². The van der Waals surface area contributed by atoms with E-state index in [1.54, 1.807) is 25.1 Å². The number of carbonyl (C=O) groups excluding carboxylic acids is 2. The summed E-state index contributed by atoms with van der Waals surface area (Å²) in [5.41, 5.74) is 6.88. The molecule has 2 N–H and O–H groups in total. The van der Waals surface area contributed by atoms with Gasteiger partial charge in [-0.1, -0.05) is 6.07 Å². The molecule has 2 amide bonds. The second-order valence-electron chi connectivity index (χ2n) is 5.00. The third-order valence-corrected chi connectivity index (χ3v) is 4.10. The van der Waals surface area contributed by atoms with Gasteiger partial charge in [0.15, 0.2) is 0 Å². The van der Waals surface area contributed by atoms with Crippen LogP contribution >= 0.6 is 11.3 Å². The standard InChI is InChI=1S/C15H18N4O2S/c1-9-13(22-10(2)16-9)15(21)18-17-14(20)11-6-5-7-12(8-11)19(3)4/h5-8H,1-4H3,(H,17,20)(H,18,21). The summed E-state index contributed by atoms with van der Waals surface area (Å²) < 4.78 is 0. The second-order valence-corrected chi connectivity index (χ2v) is 6.20. The van der Waals surface area contributed by atoms with Crippen molar-refractivity contribution in [3.63, 3.8) is 0 Å². The summed E-state index contributed by atoms with van der Waals surface area (Å²) in [4.78, 5) is 30.7. The zero-order valence-electron chi connectivity index (χ0n) is 12.9. The maximum atomic E-state index is 12.1. The number of benzene rings is 1. The van der Waals surface area contributed by atoms with Crippen LogP contribution in [0.5, 0.6) is 0 Å². The molecule has 0 spiro atoms. The van der Waals surface area contributed by atoms with Crippen molar-refractivity contribution in [2.45, 2.75) is 13.8 Å². The van der Waals surface area contributed by atoms with Crippen LogP contribution in [-0.2, 0) is 0 Å². The Hall–Kier alpha value is -2.41. The van der Waals surface area contributed by atoms with Crippen molar-refractivity contribution in [3.8, 4) is 0 Å². The van der Waals surface area contributed by atoms with E-state index in [1.165, 1.54) is 11.3 Å². The van der Waals surface area contributed by atoms with Crippen LogP contribution in [0.1, 0.15) is 30.7 Å². The third kappa shape index (κ3) is 3.62. The van der Waals surface area contributed by atoms with Gasteiger partial charge in [-0.2, -0.15) is 0 Å². The van der Waals surface area contributed by atoms with Gasteiger partial charge in [-0.25, -0.2) is 4.98 Å². The summed E-state index contributed by atoms with van der Waals surface area (Å²) in [6.07, 6.45) is 0. The fraction of sp³-hybridized carbons (Fsp3) is 0.267. The number of aromatic nitrogens is 1. The van der Waals surface area contributed by atoms with Crippen LogP contribution in [-0.4, -0.2) is 30.9 Å². The molecule has 0 aliphatic heterocycles. The van der Waals surface area contributed by atoms with Crippen LogP contribution in [0.25, 0.3) is 0 Å². The van der Waals surface area contributed by atoms with Gasteiger partial charge in [0.05, 0.1) is 10.7 Å². The Bertz CT molecular complexity index is 709. The molecule has 0 atom stereocenters. The zero-order chi connectivity index (χ0) is 16.3. The van der Waals surface area contributed by atoms with Crippen LogP contribution in [0.2, 0.25) is 0 Å². The largest absolute Gasteiger partial charge is 0.378 e. The number of nitrogens with one attached hydrogen (secondary N) is 2. The Balaban J connectivity index is 2.02. The van der Waals surface area contributed by atoms with E-state index in [4.69, 9.17) is 0 Å². The Kier molecular flexibility index (Phi) is 4.77. The number of anilines is 1. The topological polar surface area (TPSA) is 74.3 Å². The molecule has 6 nitrogen and oxygen atoms in total. The van der Waals surface area contributed by atoms with Crippen molar-refractivity contribution < 1.29 is 9.59 Å². The Morgan fingerprint density at radius 3 is 2.41 bits per heavy atom. The highest BCUT2D eigenvalue weighted by atomic mass is 32.1. The predicted molar refractivity (Wildman–Crippen MR) is 87.3 cm³/mol. The van der Waals surface area contributed by atoms with Gasteiger partial charge in [-0.05, 0) is 32.0 Å². The molecular formula is C15H18N4O2S. The maximum Gasteiger partial charge on any atom is 0.281 e. The fourth-order valence-corrected chi connectivity index (χ4v) is 2.72. The molecule has 7 heteroatoms. The lowest BCUT2D eigenvalue weighted by molar-refractivity contribution is 0.0848. The van der Waals surface area contributed by atoms with Crippen molar-refractivity contribution in [1.82, 2.24) is 15.8 Å². The fourth-order valence-electron chi connectivity index (χ4n) is 1.91. The summed E-state index contributed by atoms with van der Waals surface area (Å²) in [7, 11) is 3.79. The van der Waals surface area contributed by atoms with Crippen molar-refractivity contribution in [3.05, 3.63) is 45.4 Å². The average Bonchev–Trinajstić information content (AvgIpc) is 2.83. The van der Waals surface area contributed by atoms with Crippen LogP contribution in [0.15, 0.2) is 24.3 Å². The van der Waals surface area contributed by atoms with Gasteiger partial charge < -0.3 is 4.90 Å². The smallest absolute Gasteiger partial charge is 0.281 e. The van der Waals surface area contributed by atoms with Gasteiger partial charge in [-0.15, -0.1) is 11.3 Å². The summed E-state index contributed by atoms with van der Waals surface area (Å²) in [6.45, 7) is 3.60. The first-order valence-electron chi connectivity index (χ1n) is 6.70. The number of nitrogens with zero attached hydrogens (tertiary/aromatic N) is 2. The van der Waals surface area contributed by atoms with Crippen molar-refractivity contribution in [2.75, 3.05) is 19.0 Å². The molecule has 1 heterocycles. The van der Waals surface area contributed by atoms with E-state index in [2.05, 4.69) is 15.8 Å². The number of amides is 2. The number of hydrazine groups is 1. The quantitative estimate of drug-likeness (QED) is 0.848. The number of carbonyl (C=O) groups is 2. The average molecular weight is 318 g/mol. The zero-order valence-corrected chi connectivity index (χ0v) is 13.7. The molecule has 2 rings (SSSR count). The normalized spacial score (nSPS) is 10.2. The molecule has 0 saturated heterocycles. The molecule has 0 bridgehead atoms. The van der Waals surface area contributed by atoms with Gasteiger partial charge in [0.2, 0.25) is 0 Å². The van der Waals surface area contributed by atoms with E-state index in [0.717, 1.165) is 10.7 Å². The lowest BCUT2D eigenvalue weighted by atomic mass is 10.2. The Labute approximate surface area is 133 Å². The van der Waals surface area contributed by atoms with E-state index >= 15 is 0 Å². The number of thiazole rings is 1. The lowest BCUT2D eigenvalue weighted by Crippen LogP contribution is -2.41. The summed E-state index contributed by atoms with van der Waals surface area (Å²) in [5, 5.41) is 0.813. The first-order chi connectivity index (χ1) is 10.4. The van der Waals surface area contributed by atoms with E-state index < -0.39 is 0 Å². The third-order valence-electron chi connectivity index (χ3n) is 3.02. The van der Waals surface area contributed by atoms with E-state index in [0.29, 0.717) is 16.1 Å². The van der Waals surface area contributed by atoms with Gasteiger partial charge >= 0.3 is 0 Å². The Morgan fingerprint density at radius 1 is 1.14 bits per heavy atom. The highest BCUT2D eigenvalue weighted by molar-refractivity contribution is 7.13. The molecule has 116 valence electrons. The van der Waals surface area contributed by atoms with Crippen molar-refractivity contribution >= 4 is 28.8 Å². The molecule has 22 heavy (non-hydrogen) atoms. The minimum atomic E-state index is -0.365. The summed E-state index contributed by atoms with van der Waals surface area (Å²) >= 11 is 1.30. The van der Waals surface area contributed by atoms with Gasteiger partial charge in [0, 0.05) is 25.3 Å². The van der Waals surface area contributed by atoms with Gasteiger partial charge in [0.25, 0.3) is 11.8 Å². The molecule has 0 fully saturated rings. The Morgan fingerprint density at radius 2 is 1.82 bits per heavy atom. The number of hydrogen-bond acceptors (Lipinski definition) is 5. The van der Waals surface area contributed by atoms with Gasteiger partial charge in [-0.3, -0.25) is 20.4 Å². The SMILES string of the molecule is Cc1nc(C)c(C(=O)NNC(=O)c2cccc(N(C)C)c2)s1. The minimum absolute atomic E-state index is 0.361. The molecule has 2 aromatic rings. The monoisotopic (exact) mass is 318 g/mol. The lowest BCUT2D eigenvalue weighted by Gasteiger charge is -2.13. The number of aryl methyl sites for hydroxylation is 2. The first-order valence-corrected chi connectivity index (χ1v) is 7.52. The molecule has 1 aromatic heterocycles. The van der Waals surface area contributed by atoms with Crippen LogP contribution in [0.4, 0.5) is 5.69 Å². The summed E-state index contributed by atoms with van der Waals surface area (Å²) in [5.74, 6) is -0.726. The minimum Gasteiger partial charge on any atom is -0.378 e. The molecule has 0 aliphatic carbocycles. The van der Waals surface area contributed by atoms with Crippen molar-refractivity contribution in [1.29, 1.82) is 0 Å². The molecule has 0 aliphatic rings. The molecule has 0 radical (unpaired) electrons. The highest BCUT2D eigenvalue weighted by Gasteiger charge is 2.15. The van der Waals surface area contributed by atoms with Crippen molar-refractivity contribution in [2.24, 2.45) is 0 Å². The van der Waals surface area contributed by atoms with Crippen LogP contribution in [0.3, 0.4) is 0 Å².